The first-order chi connectivity index (χ1) is 12.7. The highest BCUT2D eigenvalue weighted by molar-refractivity contribution is 5.85. The van der Waals surface area contributed by atoms with E-state index in [1.54, 1.807) is 12.1 Å². The van der Waals surface area contributed by atoms with Crippen molar-refractivity contribution in [1.29, 1.82) is 0 Å². The fourth-order valence-electron chi connectivity index (χ4n) is 3.47. The number of likely N-dealkylation sites (tertiary alicyclic amines) is 1. The van der Waals surface area contributed by atoms with E-state index in [2.05, 4.69) is 4.90 Å². The lowest BCUT2D eigenvalue weighted by Gasteiger charge is -2.29. The highest BCUT2D eigenvalue weighted by Crippen LogP contribution is 2.27. The standard InChI is InChI=1S/C22H27NO3.ClH/c24-21(26-17-16-23-14-8-3-9-15-23)22(25,20-12-6-2-7-13-20)18-19-10-4-1-5-11-19;/h1-2,4-7,10-13,25H,3,8-9,14-18H2;1H. The summed E-state index contributed by atoms with van der Waals surface area (Å²) >= 11 is 0. The molecule has 2 aromatic carbocycles. The zero-order chi connectivity index (χ0) is 18.2. The molecule has 1 aliphatic rings. The first kappa shape index (κ1) is 21.4. The maximum atomic E-state index is 12.8. The molecule has 1 unspecified atom stereocenters. The van der Waals surface area contributed by atoms with E-state index < -0.39 is 11.6 Å². The van der Waals surface area contributed by atoms with E-state index in [0.717, 1.165) is 25.2 Å². The van der Waals surface area contributed by atoms with Crippen LogP contribution in [-0.2, 0) is 21.6 Å². The van der Waals surface area contributed by atoms with Gasteiger partial charge in [-0.25, -0.2) is 4.79 Å². The highest BCUT2D eigenvalue weighted by Gasteiger charge is 2.39. The molecule has 1 N–H and O–H groups in total. The number of aliphatic hydroxyl groups is 1. The molecule has 0 aromatic heterocycles. The van der Waals surface area contributed by atoms with Crippen LogP contribution in [0, 0.1) is 0 Å². The summed E-state index contributed by atoms with van der Waals surface area (Å²) < 4.78 is 5.51. The Hall–Kier alpha value is -1.88. The van der Waals surface area contributed by atoms with Crippen LogP contribution in [0.5, 0.6) is 0 Å². The molecule has 3 rings (SSSR count). The third-order valence-corrected chi connectivity index (χ3v) is 4.98. The van der Waals surface area contributed by atoms with Gasteiger partial charge in [0.2, 0.25) is 0 Å². The zero-order valence-corrected chi connectivity index (χ0v) is 16.4. The Morgan fingerprint density at radius 3 is 2.19 bits per heavy atom. The van der Waals surface area contributed by atoms with Gasteiger partial charge in [0.05, 0.1) is 0 Å². The molecule has 2 aromatic rings. The minimum atomic E-state index is -1.68. The van der Waals surface area contributed by atoms with Gasteiger partial charge in [-0.1, -0.05) is 67.1 Å². The third kappa shape index (κ3) is 5.80. The number of rotatable bonds is 7. The van der Waals surface area contributed by atoms with Crippen molar-refractivity contribution in [3.8, 4) is 0 Å². The summed E-state index contributed by atoms with van der Waals surface area (Å²) in [6.45, 7) is 3.15. The second-order valence-corrected chi connectivity index (χ2v) is 6.93. The van der Waals surface area contributed by atoms with E-state index in [0.29, 0.717) is 12.2 Å². The fourth-order valence-corrected chi connectivity index (χ4v) is 3.47. The largest absolute Gasteiger partial charge is 0.462 e. The lowest BCUT2D eigenvalue weighted by atomic mass is 9.87. The third-order valence-electron chi connectivity index (χ3n) is 4.98. The van der Waals surface area contributed by atoms with Crippen molar-refractivity contribution < 1.29 is 14.6 Å². The number of esters is 1. The normalized spacial score (nSPS) is 16.8. The molecule has 5 heteroatoms. The molecule has 4 nitrogen and oxygen atoms in total. The van der Waals surface area contributed by atoms with Crippen molar-refractivity contribution in [1.82, 2.24) is 4.90 Å². The molecule has 146 valence electrons. The maximum Gasteiger partial charge on any atom is 0.343 e. The summed E-state index contributed by atoms with van der Waals surface area (Å²) in [6.07, 6.45) is 3.88. The number of halogens is 1. The van der Waals surface area contributed by atoms with E-state index >= 15 is 0 Å². The predicted molar refractivity (Wildman–Crippen MR) is 109 cm³/mol. The van der Waals surface area contributed by atoms with E-state index in [1.165, 1.54) is 19.3 Å². The Morgan fingerprint density at radius 1 is 0.963 bits per heavy atom. The van der Waals surface area contributed by atoms with Crippen molar-refractivity contribution in [2.75, 3.05) is 26.2 Å². The zero-order valence-electron chi connectivity index (χ0n) is 15.5. The molecule has 0 radical (unpaired) electrons. The van der Waals surface area contributed by atoms with Crippen LogP contribution in [0.1, 0.15) is 30.4 Å². The second-order valence-electron chi connectivity index (χ2n) is 6.93. The van der Waals surface area contributed by atoms with Crippen molar-refractivity contribution in [2.24, 2.45) is 0 Å². The number of nitrogens with zero attached hydrogens (tertiary/aromatic N) is 1. The Kier molecular flexibility index (Phi) is 8.29. The van der Waals surface area contributed by atoms with Gasteiger partial charge in [0.15, 0.2) is 5.60 Å². The number of carbonyl (C=O) groups is 1. The molecular formula is C22H28ClNO3. The van der Waals surface area contributed by atoms with Crippen LogP contribution in [0.25, 0.3) is 0 Å². The summed E-state index contributed by atoms with van der Waals surface area (Å²) in [5.41, 5.74) is -0.219. The Balaban J connectivity index is 0.00000261. The van der Waals surface area contributed by atoms with E-state index in [1.807, 2.05) is 48.5 Å². The Morgan fingerprint density at radius 2 is 1.56 bits per heavy atom. The van der Waals surface area contributed by atoms with Crippen molar-refractivity contribution in [2.45, 2.75) is 31.3 Å². The molecule has 27 heavy (non-hydrogen) atoms. The molecule has 0 bridgehead atoms. The number of carbonyl (C=O) groups excluding carboxylic acids is 1. The topological polar surface area (TPSA) is 49.8 Å². The van der Waals surface area contributed by atoms with Crippen LogP contribution in [-0.4, -0.2) is 42.2 Å². The molecule has 1 atom stereocenters. The number of hydrogen-bond donors (Lipinski definition) is 1. The van der Waals surface area contributed by atoms with Crippen molar-refractivity contribution >= 4 is 18.4 Å². The Labute approximate surface area is 167 Å². The average Bonchev–Trinajstić information content (AvgIpc) is 2.70. The second kappa shape index (κ2) is 10.5. The summed E-state index contributed by atoms with van der Waals surface area (Å²) in [4.78, 5) is 15.1. The van der Waals surface area contributed by atoms with Crippen LogP contribution in [0.4, 0.5) is 0 Å². The number of benzene rings is 2. The number of ether oxygens (including phenoxy) is 1. The maximum absolute atomic E-state index is 12.8. The fraction of sp³-hybridized carbons (Fsp3) is 0.409. The quantitative estimate of drug-likeness (QED) is 0.735. The molecule has 1 saturated heterocycles. The van der Waals surface area contributed by atoms with Gasteiger partial charge in [-0.3, -0.25) is 4.90 Å². The van der Waals surface area contributed by atoms with Crippen molar-refractivity contribution in [3.05, 3.63) is 71.8 Å². The predicted octanol–water partition coefficient (Wildman–Crippen LogP) is 3.57. The number of piperidine rings is 1. The van der Waals surface area contributed by atoms with Crippen LogP contribution >= 0.6 is 12.4 Å². The smallest absolute Gasteiger partial charge is 0.343 e. The van der Waals surface area contributed by atoms with E-state index in [9.17, 15) is 9.90 Å². The van der Waals surface area contributed by atoms with E-state index in [-0.39, 0.29) is 18.8 Å². The lowest BCUT2D eigenvalue weighted by molar-refractivity contribution is -0.167. The summed E-state index contributed by atoms with van der Waals surface area (Å²) in [6, 6.07) is 18.6. The van der Waals surface area contributed by atoms with Crippen LogP contribution < -0.4 is 0 Å². The van der Waals surface area contributed by atoms with Crippen LogP contribution in [0.2, 0.25) is 0 Å². The Bertz CT molecular complexity index is 689. The minimum absolute atomic E-state index is 0. The van der Waals surface area contributed by atoms with Crippen LogP contribution in [0.3, 0.4) is 0 Å². The van der Waals surface area contributed by atoms with Gasteiger partial charge < -0.3 is 9.84 Å². The highest BCUT2D eigenvalue weighted by atomic mass is 35.5. The first-order valence-corrected chi connectivity index (χ1v) is 9.40. The lowest BCUT2D eigenvalue weighted by Crippen LogP contribution is -2.41. The molecule has 0 aliphatic carbocycles. The molecule has 0 spiro atoms. The SMILES string of the molecule is Cl.O=C(OCCN1CCCCC1)C(O)(Cc1ccccc1)c1ccccc1. The molecular weight excluding hydrogens is 362 g/mol. The van der Waals surface area contributed by atoms with Crippen molar-refractivity contribution in [3.63, 3.8) is 0 Å². The minimum Gasteiger partial charge on any atom is -0.462 e. The summed E-state index contributed by atoms with van der Waals surface area (Å²) in [5.74, 6) is -0.579. The summed E-state index contributed by atoms with van der Waals surface area (Å²) in [7, 11) is 0. The molecule has 1 fully saturated rings. The van der Waals surface area contributed by atoms with Gasteiger partial charge >= 0.3 is 5.97 Å². The molecule has 1 heterocycles. The number of hydrogen-bond acceptors (Lipinski definition) is 4. The molecule has 0 saturated carbocycles. The summed E-state index contributed by atoms with van der Waals surface area (Å²) in [5, 5.41) is 11.3. The van der Waals surface area contributed by atoms with Gasteiger partial charge in [0.25, 0.3) is 0 Å². The van der Waals surface area contributed by atoms with Crippen LogP contribution in [0.15, 0.2) is 60.7 Å². The van der Waals surface area contributed by atoms with Gasteiger partial charge in [-0.05, 0) is 37.1 Å². The van der Waals surface area contributed by atoms with Gasteiger partial charge in [-0.2, -0.15) is 0 Å². The van der Waals surface area contributed by atoms with Gasteiger partial charge in [0, 0.05) is 13.0 Å². The molecule has 1 aliphatic heterocycles. The monoisotopic (exact) mass is 389 g/mol. The van der Waals surface area contributed by atoms with Gasteiger partial charge in [0.1, 0.15) is 6.61 Å². The van der Waals surface area contributed by atoms with Gasteiger partial charge in [-0.15, -0.1) is 12.4 Å². The molecule has 0 amide bonds. The van der Waals surface area contributed by atoms with E-state index in [4.69, 9.17) is 4.74 Å². The first-order valence-electron chi connectivity index (χ1n) is 9.40. The average molecular weight is 390 g/mol.